The van der Waals surface area contributed by atoms with E-state index in [1.54, 1.807) is 0 Å². The van der Waals surface area contributed by atoms with E-state index in [0.717, 1.165) is 12.3 Å². The Morgan fingerprint density at radius 2 is 2.25 bits per heavy atom. The highest BCUT2D eigenvalue weighted by atomic mass is 15.2. The van der Waals surface area contributed by atoms with E-state index in [9.17, 15) is 0 Å². The number of hydrogen-bond donors (Lipinski definition) is 2. The first-order chi connectivity index (χ1) is 7.78. The number of hydrogen-bond acceptors (Lipinski definition) is 2. The molecule has 1 aromatic rings. The lowest BCUT2D eigenvalue weighted by molar-refractivity contribution is 0.259. The van der Waals surface area contributed by atoms with Crippen LogP contribution in [-0.4, -0.2) is 6.04 Å². The van der Waals surface area contributed by atoms with Gasteiger partial charge in [0, 0.05) is 6.04 Å². The highest BCUT2D eigenvalue weighted by molar-refractivity contribution is 5.23. The molecule has 1 unspecified atom stereocenters. The van der Waals surface area contributed by atoms with E-state index < -0.39 is 0 Å². The van der Waals surface area contributed by atoms with Crippen LogP contribution in [0.25, 0.3) is 0 Å². The van der Waals surface area contributed by atoms with Crippen molar-refractivity contribution >= 4 is 0 Å². The maximum Gasteiger partial charge on any atom is 0.0253 e. The summed E-state index contributed by atoms with van der Waals surface area (Å²) in [7, 11) is 0. The first-order valence-electron chi connectivity index (χ1n) is 6.29. The normalized spacial score (nSPS) is 18.1. The summed E-state index contributed by atoms with van der Waals surface area (Å²) in [6.45, 7) is 2.14. The van der Waals surface area contributed by atoms with Crippen molar-refractivity contribution in [3.63, 3.8) is 0 Å². The van der Waals surface area contributed by atoms with Crippen LogP contribution in [0.4, 0.5) is 0 Å². The zero-order valence-corrected chi connectivity index (χ0v) is 10.1. The third kappa shape index (κ3) is 3.06. The standard InChI is InChI=1S/C14H22N2/c1-11-4-2-7-13(8-11)10-14(16-15)9-12-5-3-6-12/h2,4,7-8,12,14,16H,3,5-6,9-10,15H2,1H3. The number of benzene rings is 1. The summed E-state index contributed by atoms with van der Waals surface area (Å²) in [5.74, 6) is 6.54. The van der Waals surface area contributed by atoms with Crippen molar-refractivity contribution in [1.29, 1.82) is 0 Å². The van der Waals surface area contributed by atoms with E-state index in [4.69, 9.17) is 5.84 Å². The van der Waals surface area contributed by atoms with Crippen molar-refractivity contribution in [3.8, 4) is 0 Å². The smallest absolute Gasteiger partial charge is 0.0253 e. The number of hydrazine groups is 1. The van der Waals surface area contributed by atoms with Gasteiger partial charge in [-0.15, -0.1) is 0 Å². The van der Waals surface area contributed by atoms with E-state index in [1.807, 2.05) is 0 Å². The topological polar surface area (TPSA) is 38.0 Å². The van der Waals surface area contributed by atoms with E-state index in [1.165, 1.54) is 36.8 Å². The molecule has 0 bridgehead atoms. The van der Waals surface area contributed by atoms with Gasteiger partial charge in [0.2, 0.25) is 0 Å². The molecule has 2 heteroatoms. The molecule has 2 rings (SSSR count). The average molecular weight is 218 g/mol. The van der Waals surface area contributed by atoms with Crippen LogP contribution < -0.4 is 11.3 Å². The predicted molar refractivity (Wildman–Crippen MR) is 68.0 cm³/mol. The van der Waals surface area contributed by atoms with Gasteiger partial charge in [0.25, 0.3) is 0 Å². The van der Waals surface area contributed by atoms with Crippen LogP contribution in [0.2, 0.25) is 0 Å². The van der Waals surface area contributed by atoms with E-state index >= 15 is 0 Å². The van der Waals surface area contributed by atoms with Crippen molar-refractivity contribution in [3.05, 3.63) is 35.4 Å². The van der Waals surface area contributed by atoms with Gasteiger partial charge in [0.1, 0.15) is 0 Å². The van der Waals surface area contributed by atoms with Crippen LogP contribution in [0.3, 0.4) is 0 Å². The molecule has 1 aromatic carbocycles. The Morgan fingerprint density at radius 3 is 2.81 bits per heavy atom. The summed E-state index contributed by atoms with van der Waals surface area (Å²) in [5, 5.41) is 0. The molecule has 1 aliphatic rings. The van der Waals surface area contributed by atoms with Gasteiger partial charge < -0.3 is 0 Å². The zero-order valence-electron chi connectivity index (χ0n) is 10.1. The molecule has 0 heterocycles. The Labute approximate surface area is 98.2 Å². The molecule has 2 nitrogen and oxygen atoms in total. The minimum atomic E-state index is 0.437. The first-order valence-corrected chi connectivity index (χ1v) is 6.29. The molecule has 88 valence electrons. The summed E-state index contributed by atoms with van der Waals surface area (Å²) in [4.78, 5) is 0. The number of aryl methyl sites for hydroxylation is 1. The summed E-state index contributed by atoms with van der Waals surface area (Å²) < 4.78 is 0. The SMILES string of the molecule is Cc1cccc(CC(CC2CCC2)NN)c1. The second-order valence-corrected chi connectivity index (χ2v) is 5.09. The second-order valence-electron chi connectivity index (χ2n) is 5.09. The van der Waals surface area contributed by atoms with Crippen molar-refractivity contribution < 1.29 is 0 Å². The van der Waals surface area contributed by atoms with Crippen LogP contribution in [0.5, 0.6) is 0 Å². The van der Waals surface area contributed by atoms with Crippen molar-refractivity contribution in [2.45, 2.75) is 45.1 Å². The molecule has 0 spiro atoms. The van der Waals surface area contributed by atoms with Crippen LogP contribution in [0.1, 0.15) is 36.8 Å². The molecular weight excluding hydrogens is 196 g/mol. The summed E-state index contributed by atoms with van der Waals surface area (Å²) in [5.41, 5.74) is 5.69. The maximum atomic E-state index is 5.64. The lowest BCUT2D eigenvalue weighted by Gasteiger charge is -2.29. The molecule has 0 aromatic heterocycles. The fourth-order valence-electron chi connectivity index (χ4n) is 2.46. The molecule has 3 N–H and O–H groups in total. The molecule has 0 aliphatic heterocycles. The monoisotopic (exact) mass is 218 g/mol. The zero-order chi connectivity index (χ0) is 11.4. The molecule has 0 radical (unpaired) electrons. The molecule has 1 saturated carbocycles. The molecule has 1 aliphatic carbocycles. The Kier molecular flexibility index (Phi) is 3.97. The molecule has 1 fully saturated rings. The van der Waals surface area contributed by atoms with Crippen LogP contribution in [-0.2, 0) is 6.42 Å². The van der Waals surface area contributed by atoms with Crippen LogP contribution in [0.15, 0.2) is 24.3 Å². The summed E-state index contributed by atoms with van der Waals surface area (Å²) >= 11 is 0. The minimum Gasteiger partial charge on any atom is -0.271 e. The Balaban J connectivity index is 1.89. The largest absolute Gasteiger partial charge is 0.271 e. The highest BCUT2D eigenvalue weighted by Gasteiger charge is 2.21. The fraction of sp³-hybridized carbons (Fsp3) is 0.571. The van der Waals surface area contributed by atoms with Crippen LogP contribution >= 0.6 is 0 Å². The van der Waals surface area contributed by atoms with Gasteiger partial charge in [-0.25, -0.2) is 0 Å². The lowest BCUT2D eigenvalue weighted by Crippen LogP contribution is -2.39. The second kappa shape index (κ2) is 5.46. The Hall–Kier alpha value is -0.860. The summed E-state index contributed by atoms with van der Waals surface area (Å²) in [6, 6.07) is 9.15. The predicted octanol–water partition coefficient (Wildman–Crippen LogP) is 2.56. The van der Waals surface area contributed by atoms with Crippen molar-refractivity contribution in [1.82, 2.24) is 5.43 Å². The van der Waals surface area contributed by atoms with Crippen molar-refractivity contribution in [2.24, 2.45) is 11.8 Å². The van der Waals surface area contributed by atoms with Gasteiger partial charge in [0.05, 0.1) is 0 Å². The van der Waals surface area contributed by atoms with Gasteiger partial charge >= 0.3 is 0 Å². The number of nitrogens with one attached hydrogen (secondary N) is 1. The van der Waals surface area contributed by atoms with Gasteiger partial charge in [-0.2, -0.15) is 0 Å². The molecule has 16 heavy (non-hydrogen) atoms. The third-order valence-electron chi connectivity index (χ3n) is 3.64. The summed E-state index contributed by atoms with van der Waals surface area (Å²) in [6.07, 6.45) is 6.48. The average Bonchev–Trinajstić information content (AvgIpc) is 2.21. The van der Waals surface area contributed by atoms with Gasteiger partial charge in [-0.1, -0.05) is 49.1 Å². The third-order valence-corrected chi connectivity index (χ3v) is 3.64. The Morgan fingerprint density at radius 1 is 1.44 bits per heavy atom. The van der Waals surface area contributed by atoms with Gasteiger partial charge in [0.15, 0.2) is 0 Å². The molecular formula is C14H22N2. The van der Waals surface area contributed by atoms with E-state index in [-0.39, 0.29) is 0 Å². The fourth-order valence-corrected chi connectivity index (χ4v) is 2.46. The van der Waals surface area contributed by atoms with Crippen LogP contribution in [0, 0.1) is 12.8 Å². The maximum absolute atomic E-state index is 5.64. The number of nitrogens with two attached hydrogens (primary N) is 1. The lowest BCUT2D eigenvalue weighted by atomic mass is 9.80. The van der Waals surface area contributed by atoms with E-state index in [0.29, 0.717) is 6.04 Å². The first kappa shape index (κ1) is 11.6. The van der Waals surface area contributed by atoms with Gasteiger partial charge in [-0.05, 0) is 31.2 Å². The van der Waals surface area contributed by atoms with Crippen molar-refractivity contribution in [2.75, 3.05) is 0 Å². The highest BCUT2D eigenvalue weighted by Crippen LogP contribution is 2.30. The molecule has 0 amide bonds. The molecule has 1 atom stereocenters. The number of rotatable bonds is 5. The molecule has 0 saturated heterocycles. The minimum absolute atomic E-state index is 0.437. The quantitative estimate of drug-likeness (QED) is 0.589. The Bertz CT molecular complexity index is 331. The van der Waals surface area contributed by atoms with E-state index in [2.05, 4.69) is 36.6 Å². The van der Waals surface area contributed by atoms with Gasteiger partial charge in [-0.3, -0.25) is 11.3 Å².